The lowest BCUT2D eigenvalue weighted by Crippen LogP contribution is -2.37. The molecule has 0 radical (unpaired) electrons. The van der Waals surface area contributed by atoms with Gasteiger partial charge in [-0.1, -0.05) is 24.3 Å². The Hall–Kier alpha value is -0.383. The van der Waals surface area contributed by atoms with Gasteiger partial charge in [-0.2, -0.15) is 0 Å². The van der Waals surface area contributed by atoms with E-state index in [0.717, 1.165) is 6.04 Å². The summed E-state index contributed by atoms with van der Waals surface area (Å²) in [5.41, 5.74) is 0. The molecule has 0 aromatic rings. The molecule has 1 aliphatic carbocycles. The summed E-state index contributed by atoms with van der Waals surface area (Å²) in [4.78, 5) is 0. The Morgan fingerprint density at radius 1 is 1.17 bits per heavy atom. The van der Waals surface area contributed by atoms with Crippen LogP contribution in [0.2, 0.25) is 12.6 Å². The van der Waals surface area contributed by atoms with E-state index in [1.54, 1.807) is 14.2 Å². The Kier molecular flexibility index (Phi) is 3.26. The molecule has 68 valence electrons. The van der Waals surface area contributed by atoms with Crippen LogP contribution in [0, 0.1) is 5.92 Å². The number of hydrogen-bond acceptors (Lipinski definition) is 2. The lowest BCUT2D eigenvalue weighted by atomic mass is 10.2. The molecule has 0 aromatic carbocycles. The van der Waals surface area contributed by atoms with Crippen LogP contribution in [-0.4, -0.2) is 22.8 Å². The third-order valence-electron chi connectivity index (χ3n) is 2.30. The van der Waals surface area contributed by atoms with Gasteiger partial charge in [-0.25, -0.2) is 0 Å². The monoisotopic (exact) mass is 184 g/mol. The van der Waals surface area contributed by atoms with E-state index in [1.807, 2.05) is 0 Å². The molecule has 0 bridgehead atoms. The quantitative estimate of drug-likeness (QED) is 0.623. The van der Waals surface area contributed by atoms with Crippen molar-refractivity contribution < 1.29 is 8.85 Å². The highest BCUT2D eigenvalue weighted by Crippen LogP contribution is 2.23. The normalized spacial score (nSPS) is 17.6. The smallest absolute Gasteiger partial charge is 0.335 e. The van der Waals surface area contributed by atoms with Crippen molar-refractivity contribution in [2.75, 3.05) is 14.2 Å². The lowest BCUT2D eigenvalue weighted by Gasteiger charge is -2.24. The topological polar surface area (TPSA) is 18.5 Å². The summed E-state index contributed by atoms with van der Waals surface area (Å²) in [6.07, 6.45) is 8.52. The van der Waals surface area contributed by atoms with Gasteiger partial charge in [-0.05, 0) is 12.5 Å². The highest BCUT2D eigenvalue weighted by molar-refractivity contribution is 6.66. The molecule has 12 heavy (non-hydrogen) atoms. The third-order valence-corrected chi connectivity index (χ3v) is 5.24. The van der Waals surface area contributed by atoms with Gasteiger partial charge in [0.1, 0.15) is 0 Å². The van der Waals surface area contributed by atoms with Crippen molar-refractivity contribution in [3.8, 4) is 0 Å². The van der Waals surface area contributed by atoms with Crippen LogP contribution in [0.15, 0.2) is 24.3 Å². The summed E-state index contributed by atoms with van der Waals surface area (Å²) in [6, 6.07) is 1.01. The first kappa shape index (κ1) is 9.70. The SMILES string of the molecule is CO[Si](C)(CC1C=CC=C1)OC. The lowest BCUT2D eigenvalue weighted by molar-refractivity contribution is 0.247. The first-order chi connectivity index (χ1) is 5.70. The minimum atomic E-state index is -1.86. The fourth-order valence-corrected chi connectivity index (χ4v) is 2.92. The first-order valence-electron chi connectivity index (χ1n) is 4.15. The molecule has 1 aliphatic rings. The summed E-state index contributed by atoms with van der Waals surface area (Å²) >= 11 is 0. The van der Waals surface area contributed by atoms with Crippen molar-refractivity contribution in [1.29, 1.82) is 0 Å². The van der Waals surface area contributed by atoms with Gasteiger partial charge < -0.3 is 8.85 Å². The molecule has 0 saturated carbocycles. The van der Waals surface area contributed by atoms with Crippen molar-refractivity contribution in [2.45, 2.75) is 12.6 Å². The largest absolute Gasteiger partial charge is 0.398 e. The summed E-state index contributed by atoms with van der Waals surface area (Å²) in [6.45, 7) is 2.09. The second-order valence-corrected chi connectivity index (χ2v) is 6.67. The molecule has 0 aromatic heterocycles. The molecular weight excluding hydrogens is 168 g/mol. The predicted molar refractivity (Wildman–Crippen MR) is 52.2 cm³/mol. The van der Waals surface area contributed by atoms with Gasteiger partial charge in [0.25, 0.3) is 0 Å². The van der Waals surface area contributed by atoms with Crippen LogP contribution in [0.3, 0.4) is 0 Å². The molecule has 0 amide bonds. The maximum absolute atomic E-state index is 5.40. The van der Waals surface area contributed by atoms with Crippen LogP contribution in [0.5, 0.6) is 0 Å². The number of hydrogen-bond donors (Lipinski definition) is 0. The number of allylic oxidation sites excluding steroid dienone is 4. The molecule has 0 spiro atoms. The zero-order chi connectivity index (χ0) is 9.03. The van der Waals surface area contributed by atoms with Crippen LogP contribution in [0.1, 0.15) is 0 Å². The Bertz CT molecular complexity index is 183. The van der Waals surface area contributed by atoms with Crippen LogP contribution in [0.25, 0.3) is 0 Å². The average molecular weight is 184 g/mol. The molecule has 0 unspecified atom stereocenters. The van der Waals surface area contributed by atoms with Gasteiger partial charge in [0, 0.05) is 20.3 Å². The second-order valence-electron chi connectivity index (χ2n) is 3.18. The van der Waals surface area contributed by atoms with Gasteiger partial charge in [-0.3, -0.25) is 0 Å². The fraction of sp³-hybridized carbons (Fsp3) is 0.556. The molecule has 1 rings (SSSR count). The molecule has 0 N–H and O–H groups in total. The van der Waals surface area contributed by atoms with Gasteiger partial charge >= 0.3 is 8.56 Å². The second kappa shape index (κ2) is 4.03. The Morgan fingerprint density at radius 2 is 1.67 bits per heavy atom. The summed E-state index contributed by atoms with van der Waals surface area (Å²) in [5, 5.41) is 0. The fourth-order valence-electron chi connectivity index (χ4n) is 1.29. The van der Waals surface area contributed by atoms with Gasteiger partial charge in [0.05, 0.1) is 0 Å². The summed E-state index contributed by atoms with van der Waals surface area (Å²) in [7, 11) is 1.60. The molecule has 0 heterocycles. The van der Waals surface area contributed by atoms with E-state index < -0.39 is 8.56 Å². The zero-order valence-corrected chi connectivity index (χ0v) is 8.91. The maximum atomic E-state index is 5.40. The van der Waals surface area contributed by atoms with Crippen molar-refractivity contribution in [3.63, 3.8) is 0 Å². The molecule has 0 aliphatic heterocycles. The van der Waals surface area contributed by atoms with E-state index in [0.29, 0.717) is 5.92 Å². The standard InChI is InChI=1S/C9H16O2Si/c1-10-12(3,11-2)8-9-6-4-5-7-9/h4-7,9H,8H2,1-3H3. The van der Waals surface area contributed by atoms with Gasteiger partial charge in [-0.15, -0.1) is 0 Å². The first-order valence-corrected chi connectivity index (χ1v) is 6.68. The third kappa shape index (κ3) is 2.30. The Morgan fingerprint density at radius 3 is 2.08 bits per heavy atom. The van der Waals surface area contributed by atoms with Crippen molar-refractivity contribution in [3.05, 3.63) is 24.3 Å². The van der Waals surface area contributed by atoms with E-state index in [1.165, 1.54) is 0 Å². The van der Waals surface area contributed by atoms with E-state index >= 15 is 0 Å². The molecule has 0 saturated heterocycles. The van der Waals surface area contributed by atoms with E-state index in [4.69, 9.17) is 8.85 Å². The molecular formula is C9H16O2Si. The molecule has 0 fully saturated rings. The molecule has 2 nitrogen and oxygen atoms in total. The summed E-state index contributed by atoms with van der Waals surface area (Å²) in [5.74, 6) is 0.515. The van der Waals surface area contributed by atoms with E-state index in [9.17, 15) is 0 Å². The van der Waals surface area contributed by atoms with Gasteiger partial charge in [0.2, 0.25) is 0 Å². The summed E-state index contributed by atoms with van der Waals surface area (Å²) < 4.78 is 10.8. The minimum Gasteiger partial charge on any atom is -0.398 e. The van der Waals surface area contributed by atoms with Crippen LogP contribution >= 0.6 is 0 Å². The van der Waals surface area contributed by atoms with Crippen LogP contribution in [-0.2, 0) is 8.85 Å². The zero-order valence-electron chi connectivity index (χ0n) is 7.91. The van der Waals surface area contributed by atoms with Crippen molar-refractivity contribution in [1.82, 2.24) is 0 Å². The Balaban J connectivity index is 2.47. The average Bonchev–Trinajstić information content (AvgIpc) is 2.57. The minimum absolute atomic E-state index is 0.515. The van der Waals surface area contributed by atoms with Gasteiger partial charge in [0.15, 0.2) is 0 Å². The van der Waals surface area contributed by atoms with Crippen molar-refractivity contribution in [2.24, 2.45) is 5.92 Å². The van der Waals surface area contributed by atoms with Crippen LogP contribution in [0.4, 0.5) is 0 Å². The highest BCUT2D eigenvalue weighted by atomic mass is 28.4. The van der Waals surface area contributed by atoms with E-state index in [-0.39, 0.29) is 0 Å². The van der Waals surface area contributed by atoms with E-state index in [2.05, 4.69) is 30.9 Å². The molecule has 0 atom stereocenters. The van der Waals surface area contributed by atoms with Crippen LogP contribution < -0.4 is 0 Å². The highest BCUT2D eigenvalue weighted by Gasteiger charge is 2.31. The predicted octanol–water partition coefficient (Wildman–Crippen LogP) is 2.09. The number of rotatable bonds is 4. The maximum Gasteiger partial charge on any atom is 0.335 e. The van der Waals surface area contributed by atoms with Crippen molar-refractivity contribution >= 4 is 8.56 Å². The molecule has 3 heteroatoms. The Labute approximate surface area is 75.1 Å².